The minimum absolute atomic E-state index is 0.236. The van der Waals surface area contributed by atoms with Gasteiger partial charge in [0.05, 0.1) is 12.2 Å². The van der Waals surface area contributed by atoms with Crippen molar-refractivity contribution in [2.45, 2.75) is 51.4 Å². The van der Waals surface area contributed by atoms with Crippen LogP contribution in [0.3, 0.4) is 0 Å². The van der Waals surface area contributed by atoms with Gasteiger partial charge in [0.25, 0.3) is 0 Å². The third-order valence-corrected chi connectivity index (χ3v) is 3.13. The largest absolute Gasteiger partial charge is 0.480 e. The van der Waals surface area contributed by atoms with Gasteiger partial charge >= 0.3 is 5.97 Å². The second kappa shape index (κ2) is 6.70. The van der Waals surface area contributed by atoms with Gasteiger partial charge in [0.2, 0.25) is 5.91 Å². The Hall–Kier alpha value is -1.14. The van der Waals surface area contributed by atoms with Crippen LogP contribution in [0.25, 0.3) is 0 Å². The van der Waals surface area contributed by atoms with Gasteiger partial charge in [0.1, 0.15) is 0 Å². The summed E-state index contributed by atoms with van der Waals surface area (Å²) >= 11 is 0. The summed E-state index contributed by atoms with van der Waals surface area (Å²) in [5, 5.41) is 20.4. The first kappa shape index (κ1) is 14.9. The standard InChI is InChI=1S/C12H21NO5/c1-3-18-9-4-8(5-9)6-10(15)13-11(7(2)14)12(16)17/h7-9,11,14H,3-6H2,1-2H3,(H,13,15)(H,16,17). The molecule has 1 saturated carbocycles. The van der Waals surface area contributed by atoms with E-state index in [9.17, 15) is 14.7 Å². The molecule has 0 radical (unpaired) electrons. The molecule has 6 heteroatoms. The maximum atomic E-state index is 11.6. The highest BCUT2D eigenvalue weighted by atomic mass is 16.5. The maximum absolute atomic E-state index is 11.6. The lowest BCUT2D eigenvalue weighted by molar-refractivity contribution is -0.145. The number of nitrogens with one attached hydrogen (secondary N) is 1. The molecule has 18 heavy (non-hydrogen) atoms. The van der Waals surface area contributed by atoms with Gasteiger partial charge in [-0.15, -0.1) is 0 Å². The van der Waals surface area contributed by atoms with Gasteiger partial charge in [-0.05, 0) is 32.6 Å². The number of carbonyl (C=O) groups is 2. The number of hydrogen-bond donors (Lipinski definition) is 3. The molecule has 1 aliphatic carbocycles. The average Bonchev–Trinajstić information content (AvgIpc) is 2.22. The van der Waals surface area contributed by atoms with E-state index in [0.717, 1.165) is 12.8 Å². The van der Waals surface area contributed by atoms with Crippen LogP contribution >= 0.6 is 0 Å². The quantitative estimate of drug-likeness (QED) is 0.604. The third-order valence-electron chi connectivity index (χ3n) is 3.13. The van der Waals surface area contributed by atoms with Gasteiger partial charge in [-0.3, -0.25) is 4.79 Å². The summed E-state index contributed by atoms with van der Waals surface area (Å²) in [6, 6.07) is -1.24. The zero-order valence-corrected chi connectivity index (χ0v) is 10.8. The van der Waals surface area contributed by atoms with Crippen molar-refractivity contribution in [3.8, 4) is 0 Å². The second-order valence-electron chi connectivity index (χ2n) is 4.74. The molecule has 2 unspecified atom stereocenters. The molecule has 0 aromatic rings. The first-order chi connectivity index (χ1) is 8.43. The topological polar surface area (TPSA) is 95.9 Å². The molecule has 0 heterocycles. The van der Waals surface area contributed by atoms with Crippen LogP contribution < -0.4 is 5.32 Å². The lowest BCUT2D eigenvalue weighted by Crippen LogP contribution is -2.48. The van der Waals surface area contributed by atoms with Crippen molar-refractivity contribution < 1.29 is 24.5 Å². The Balaban J connectivity index is 2.28. The molecule has 0 aromatic heterocycles. The van der Waals surface area contributed by atoms with Crippen molar-refractivity contribution in [2.24, 2.45) is 5.92 Å². The highest BCUT2D eigenvalue weighted by Crippen LogP contribution is 2.32. The van der Waals surface area contributed by atoms with Gasteiger partial charge in [-0.1, -0.05) is 0 Å². The van der Waals surface area contributed by atoms with Crippen LogP contribution in [0.2, 0.25) is 0 Å². The van der Waals surface area contributed by atoms with Crippen molar-refractivity contribution in [3.05, 3.63) is 0 Å². The summed E-state index contributed by atoms with van der Waals surface area (Å²) in [6.45, 7) is 3.94. The molecule has 1 amide bonds. The average molecular weight is 259 g/mol. The van der Waals surface area contributed by atoms with E-state index in [0.29, 0.717) is 13.0 Å². The van der Waals surface area contributed by atoms with E-state index in [1.807, 2.05) is 6.92 Å². The summed E-state index contributed by atoms with van der Waals surface area (Å²) in [5.41, 5.74) is 0. The second-order valence-corrected chi connectivity index (χ2v) is 4.74. The monoisotopic (exact) mass is 259 g/mol. The highest BCUT2D eigenvalue weighted by molar-refractivity contribution is 5.84. The molecule has 2 atom stereocenters. The van der Waals surface area contributed by atoms with Crippen LogP contribution in [0.5, 0.6) is 0 Å². The van der Waals surface area contributed by atoms with Crippen LogP contribution in [0.4, 0.5) is 0 Å². The Morgan fingerprint density at radius 1 is 1.44 bits per heavy atom. The number of aliphatic hydroxyl groups excluding tert-OH is 1. The molecule has 6 nitrogen and oxygen atoms in total. The molecule has 0 aliphatic heterocycles. The van der Waals surface area contributed by atoms with E-state index in [1.165, 1.54) is 6.92 Å². The molecule has 0 aromatic carbocycles. The number of ether oxygens (including phenoxy) is 1. The van der Waals surface area contributed by atoms with Gasteiger partial charge in [-0.25, -0.2) is 4.79 Å². The van der Waals surface area contributed by atoms with Gasteiger partial charge in [0, 0.05) is 13.0 Å². The first-order valence-corrected chi connectivity index (χ1v) is 6.25. The van der Waals surface area contributed by atoms with E-state index < -0.39 is 18.1 Å². The molecule has 1 rings (SSSR count). The van der Waals surface area contributed by atoms with Crippen LogP contribution in [0.15, 0.2) is 0 Å². The fraction of sp³-hybridized carbons (Fsp3) is 0.833. The smallest absolute Gasteiger partial charge is 0.328 e. The van der Waals surface area contributed by atoms with E-state index in [4.69, 9.17) is 9.84 Å². The van der Waals surface area contributed by atoms with Gasteiger partial charge < -0.3 is 20.3 Å². The number of amides is 1. The van der Waals surface area contributed by atoms with E-state index in [-0.39, 0.29) is 17.9 Å². The number of aliphatic hydroxyl groups is 1. The molecular weight excluding hydrogens is 238 g/mol. The van der Waals surface area contributed by atoms with Crippen LogP contribution in [0, 0.1) is 5.92 Å². The fourth-order valence-corrected chi connectivity index (χ4v) is 2.10. The zero-order valence-electron chi connectivity index (χ0n) is 10.8. The predicted molar refractivity (Wildman–Crippen MR) is 64.0 cm³/mol. The highest BCUT2D eigenvalue weighted by Gasteiger charge is 2.32. The lowest BCUT2D eigenvalue weighted by Gasteiger charge is -2.34. The van der Waals surface area contributed by atoms with Crippen molar-refractivity contribution in [1.82, 2.24) is 5.32 Å². The Kier molecular flexibility index (Phi) is 5.55. The Morgan fingerprint density at radius 3 is 2.50 bits per heavy atom. The SMILES string of the molecule is CCOC1CC(CC(=O)NC(C(=O)O)C(C)O)C1. The number of hydrogen-bond acceptors (Lipinski definition) is 4. The summed E-state index contributed by atoms with van der Waals surface area (Å²) in [4.78, 5) is 22.4. The number of rotatable bonds is 7. The van der Waals surface area contributed by atoms with Gasteiger partial charge in [0.15, 0.2) is 6.04 Å². The molecule has 1 fully saturated rings. The fourth-order valence-electron chi connectivity index (χ4n) is 2.10. The lowest BCUT2D eigenvalue weighted by atomic mass is 9.80. The Labute approximate surface area is 106 Å². The summed E-state index contributed by atoms with van der Waals surface area (Å²) in [7, 11) is 0. The van der Waals surface area contributed by atoms with Gasteiger partial charge in [-0.2, -0.15) is 0 Å². The van der Waals surface area contributed by atoms with E-state index >= 15 is 0 Å². The summed E-state index contributed by atoms with van der Waals surface area (Å²) < 4.78 is 5.38. The van der Waals surface area contributed by atoms with Crippen molar-refractivity contribution >= 4 is 11.9 Å². The zero-order chi connectivity index (χ0) is 13.7. The Morgan fingerprint density at radius 2 is 2.06 bits per heavy atom. The maximum Gasteiger partial charge on any atom is 0.328 e. The predicted octanol–water partition coefficient (Wildman–Crippen LogP) is 0.142. The van der Waals surface area contributed by atoms with E-state index in [1.54, 1.807) is 0 Å². The minimum atomic E-state index is -1.24. The normalized spacial score (nSPS) is 25.9. The van der Waals surface area contributed by atoms with Crippen molar-refractivity contribution in [3.63, 3.8) is 0 Å². The third kappa shape index (κ3) is 4.27. The number of carbonyl (C=O) groups excluding carboxylic acids is 1. The molecule has 3 N–H and O–H groups in total. The Bertz CT molecular complexity index is 299. The molecule has 1 aliphatic rings. The first-order valence-electron chi connectivity index (χ1n) is 6.25. The van der Waals surface area contributed by atoms with Crippen LogP contribution in [-0.4, -0.2) is 46.9 Å². The van der Waals surface area contributed by atoms with Crippen molar-refractivity contribution in [1.29, 1.82) is 0 Å². The van der Waals surface area contributed by atoms with Crippen molar-refractivity contribution in [2.75, 3.05) is 6.61 Å². The molecule has 0 saturated heterocycles. The molecule has 0 bridgehead atoms. The number of carboxylic acid groups (broad SMARTS) is 1. The minimum Gasteiger partial charge on any atom is -0.480 e. The molecular formula is C12H21NO5. The molecule has 0 spiro atoms. The summed E-state index contributed by atoms with van der Waals surface area (Å²) in [5.74, 6) is -1.30. The van der Waals surface area contributed by atoms with Crippen LogP contribution in [-0.2, 0) is 14.3 Å². The molecule has 104 valence electrons. The number of aliphatic carboxylic acids is 1. The number of carboxylic acids is 1. The van der Waals surface area contributed by atoms with Crippen LogP contribution in [0.1, 0.15) is 33.1 Å². The van der Waals surface area contributed by atoms with E-state index in [2.05, 4.69) is 5.32 Å². The summed E-state index contributed by atoms with van der Waals surface area (Å²) in [6.07, 6.45) is 1.10.